The van der Waals surface area contributed by atoms with Crippen LogP contribution in [0.2, 0.25) is 0 Å². The second-order valence-corrected chi connectivity index (χ2v) is 5.53. The van der Waals surface area contributed by atoms with E-state index < -0.39 is 0 Å². The summed E-state index contributed by atoms with van der Waals surface area (Å²) >= 11 is 0. The lowest BCUT2D eigenvalue weighted by molar-refractivity contribution is -0.139. The molecule has 5 nitrogen and oxygen atoms in total. The number of halogens is 1. The Morgan fingerprint density at radius 3 is 2.32 bits per heavy atom. The van der Waals surface area contributed by atoms with Gasteiger partial charge in [0.15, 0.2) is 6.61 Å². The van der Waals surface area contributed by atoms with Crippen molar-refractivity contribution in [2.24, 2.45) is 0 Å². The quantitative estimate of drug-likeness (QED) is 0.784. The first kappa shape index (κ1) is 18.4. The number of carbonyl (C=O) groups excluding carboxylic acids is 2. The van der Waals surface area contributed by atoms with Gasteiger partial charge < -0.3 is 14.8 Å². The molecule has 1 amide bonds. The van der Waals surface area contributed by atoms with Crippen LogP contribution in [0.4, 0.5) is 4.39 Å². The van der Waals surface area contributed by atoms with E-state index in [2.05, 4.69) is 10.1 Å². The van der Waals surface area contributed by atoms with Crippen LogP contribution in [-0.2, 0) is 20.7 Å². The molecule has 1 atom stereocenters. The molecule has 25 heavy (non-hydrogen) atoms. The Balaban J connectivity index is 1.81. The Hall–Kier alpha value is -2.89. The van der Waals surface area contributed by atoms with Crippen molar-refractivity contribution in [2.75, 3.05) is 13.7 Å². The molecule has 0 aliphatic carbocycles. The van der Waals surface area contributed by atoms with Crippen LogP contribution in [0.25, 0.3) is 0 Å². The standard InChI is InChI=1S/C19H20FNO4/c1-13(15-5-7-16(20)8-6-15)21-18(22)12-25-17-9-3-14(4-10-17)11-19(23)24-2/h3-10,13H,11-12H2,1-2H3,(H,21,22). The molecule has 0 fully saturated rings. The molecule has 0 heterocycles. The maximum absolute atomic E-state index is 12.9. The van der Waals surface area contributed by atoms with Crippen LogP contribution < -0.4 is 10.1 Å². The van der Waals surface area contributed by atoms with Crippen molar-refractivity contribution in [3.63, 3.8) is 0 Å². The van der Waals surface area contributed by atoms with Crippen molar-refractivity contribution in [1.82, 2.24) is 5.32 Å². The third kappa shape index (κ3) is 5.91. The summed E-state index contributed by atoms with van der Waals surface area (Å²) in [7, 11) is 1.34. The summed E-state index contributed by atoms with van der Waals surface area (Å²) in [6, 6.07) is 12.6. The highest BCUT2D eigenvalue weighted by Gasteiger charge is 2.10. The van der Waals surface area contributed by atoms with Crippen molar-refractivity contribution in [1.29, 1.82) is 0 Å². The molecule has 0 aliphatic heterocycles. The molecule has 2 aromatic rings. The van der Waals surface area contributed by atoms with Crippen molar-refractivity contribution in [3.8, 4) is 5.75 Å². The number of hydrogen-bond acceptors (Lipinski definition) is 4. The maximum Gasteiger partial charge on any atom is 0.309 e. The Morgan fingerprint density at radius 2 is 1.72 bits per heavy atom. The molecular formula is C19H20FNO4. The van der Waals surface area contributed by atoms with E-state index in [1.165, 1.54) is 19.2 Å². The van der Waals surface area contributed by atoms with Gasteiger partial charge >= 0.3 is 5.97 Å². The zero-order valence-corrected chi connectivity index (χ0v) is 14.1. The van der Waals surface area contributed by atoms with Crippen LogP contribution in [0.15, 0.2) is 48.5 Å². The molecule has 1 unspecified atom stereocenters. The highest BCUT2D eigenvalue weighted by Crippen LogP contribution is 2.14. The first-order chi connectivity index (χ1) is 12.0. The molecule has 0 bridgehead atoms. The van der Waals surface area contributed by atoms with Gasteiger partial charge in [-0.2, -0.15) is 0 Å². The zero-order chi connectivity index (χ0) is 18.2. The molecular weight excluding hydrogens is 325 g/mol. The number of rotatable bonds is 7. The smallest absolute Gasteiger partial charge is 0.309 e. The van der Waals surface area contributed by atoms with Crippen molar-refractivity contribution >= 4 is 11.9 Å². The number of esters is 1. The molecule has 0 aromatic heterocycles. The second kappa shape index (κ2) is 8.82. The van der Waals surface area contributed by atoms with Crippen molar-refractivity contribution in [3.05, 3.63) is 65.5 Å². The Bertz CT molecular complexity index is 713. The summed E-state index contributed by atoms with van der Waals surface area (Å²) < 4.78 is 22.9. The molecule has 0 saturated heterocycles. The highest BCUT2D eigenvalue weighted by molar-refractivity contribution is 5.78. The first-order valence-corrected chi connectivity index (χ1v) is 7.81. The van der Waals surface area contributed by atoms with Gasteiger partial charge in [0.05, 0.1) is 19.6 Å². The average molecular weight is 345 g/mol. The van der Waals surface area contributed by atoms with Gasteiger partial charge in [-0.3, -0.25) is 9.59 Å². The number of hydrogen-bond donors (Lipinski definition) is 1. The molecule has 132 valence electrons. The van der Waals surface area contributed by atoms with Crippen LogP contribution in [0, 0.1) is 5.82 Å². The van der Waals surface area contributed by atoms with E-state index in [4.69, 9.17) is 4.74 Å². The molecule has 0 saturated carbocycles. The maximum atomic E-state index is 12.9. The summed E-state index contributed by atoms with van der Waals surface area (Å²) in [6.07, 6.45) is 0.187. The van der Waals surface area contributed by atoms with E-state index in [-0.39, 0.29) is 36.8 Å². The third-order valence-corrected chi connectivity index (χ3v) is 3.62. The van der Waals surface area contributed by atoms with E-state index in [0.717, 1.165) is 11.1 Å². The normalized spacial score (nSPS) is 11.5. The average Bonchev–Trinajstić information content (AvgIpc) is 2.61. The number of methoxy groups -OCH3 is 1. The molecule has 0 spiro atoms. The number of nitrogens with one attached hydrogen (secondary N) is 1. The number of benzene rings is 2. The topological polar surface area (TPSA) is 64.6 Å². The third-order valence-electron chi connectivity index (χ3n) is 3.62. The van der Waals surface area contributed by atoms with E-state index in [9.17, 15) is 14.0 Å². The molecule has 2 rings (SSSR count). The van der Waals surface area contributed by atoms with Crippen LogP contribution in [-0.4, -0.2) is 25.6 Å². The van der Waals surface area contributed by atoms with Gasteiger partial charge in [-0.05, 0) is 42.3 Å². The predicted molar refractivity (Wildman–Crippen MR) is 90.6 cm³/mol. The van der Waals surface area contributed by atoms with Gasteiger partial charge in [-0.1, -0.05) is 24.3 Å². The van der Waals surface area contributed by atoms with Gasteiger partial charge in [0, 0.05) is 0 Å². The monoisotopic (exact) mass is 345 g/mol. The lowest BCUT2D eigenvalue weighted by Gasteiger charge is -2.15. The minimum Gasteiger partial charge on any atom is -0.484 e. The predicted octanol–water partition coefficient (Wildman–Crippen LogP) is 2.80. The van der Waals surface area contributed by atoms with Crippen molar-refractivity contribution < 1.29 is 23.5 Å². The SMILES string of the molecule is COC(=O)Cc1ccc(OCC(=O)NC(C)c2ccc(F)cc2)cc1. The fourth-order valence-electron chi connectivity index (χ4n) is 2.21. The van der Waals surface area contributed by atoms with Crippen LogP contribution in [0.5, 0.6) is 5.75 Å². The largest absolute Gasteiger partial charge is 0.484 e. The lowest BCUT2D eigenvalue weighted by atomic mass is 10.1. The zero-order valence-electron chi connectivity index (χ0n) is 14.1. The Labute approximate surface area is 145 Å². The molecule has 1 N–H and O–H groups in total. The summed E-state index contributed by atoms with van der Waals surface area (Å²) in [6.45, 7) is 1.68. The Morgan fingerprint density at radius 1 is 1.08 bits per heavy atom. The molecule has 2 aromatic carbocycles. The lowest BCUT2D eigenvalue weighted by Crippen LogP contribution is -2.31. The molecule has 0 aliphatic rings. The van der Waals surface area contributed by atoms with Crippen LogP contribution in [0.3, 0.4) is 0 Å². The summed E-state index contributed by atoms with van der Waals surface area (Å²) in [5.41, 5.74) is 1.61. The van der Waals surface area contributed by atoms with Gasteiger partial charge in [-0.25, -0.2) is 4.39 Å². The van der Waals surface area contributed by atoms with Crippen LogP contribution >= 0.6 is 0 Å². The minimum absolute atomic E-state index is 0.137. The number of ether oxygens (including phenoxy) is 2. The van der Waals surface area contributed by atoms with Crippen LogP contribution in [0.1, 0.15) is 24.1 Å². The minimum atomic E-state index is -0.318. The first-order valence-electron chi connectivity index (χ1n) is 7.81. The van der Waals surface area contributed by atoms with E-state index in [1.807, 2.05) is 6.92 Å². The van der Waals surface area contributed by atoms with Crippen molar-refractivity contribution in [2.45, 2.75) is 19.4 Å². The van der Waals surface area contributed by atoms with Gasteiger partial charge in [0.2, 0.25) is 0 Å². The number of carbonyl (C=O) groups is 2. The van der Waals surface area contributed by atoms with Gasteiger partial charge in [0.25, 0.3) is 5.91 Å². The van der Waals surface area contributed by atoms with E-state index >= 15 is 0 Å². The second-order valence-electron chi connectivity index (χ2n) is 5.53. The fourth-order valence-corrected chi connectivity index (χ4v) is 2.21. The van der Waals surface area contributed by atoms with E-state index in [0.29, 0.717) is 5.75 Å². The fraction of sp³-hybridized carbons (Fsp3) is 0.263. The van der Waals surface area contributed by atoms with E-state index in [1.54, 1.807) is 36.4 Å². The number of amides is 1. The van der Waals surface area contributed by atoms with Gasteiger partial charge in [0.1, 0.15) is 11.6 Å². The molecule has 0 radical (unpaired) electrons. The molecule has 6 heteroatoms. The Kier molecular flexibility index (Phi) is 6.51. The highest BCUT2D eigenvalue weighted by atomic mass is 19.1. The summed E-state index contributed by atoms with van der Waals surface area (Å²) in [4.78, 5) is 23.1. The summed E-state index contributed by atoms with van der Waals surface area (Å²) in [5, 5.41) is 2.78. The summed E-state index contributed by atoms with van der Waals surface area (Å²) in [5.74, 6) is -0.391. The van der Waals surface area contributed by atoms with Gasteiger partial charge in [-0.15, -0.1) is 0 Å².